The monoisotopic (exact) mass is 671 g/mol. The molecule has 3 aromatic rings. The van der Waals surface area contributed by atoms with Gasteiger partial charge >= 0.3 is 12.5 Å². The van der Waals surface area contributed by atoms with E-state index >= 15 is 0 Å². The van der Waals surface area contributed by atoms with Gasteiger partial charge in [0.1, 0.15) is 28.6 Å². The van der Waals surface area contributed by atoms with Gasteiger partial charge in [-0.15, -0.1) is 18.1 Å². The molecule has 1 spiro atoms. The minimum Gasteiger partial charge on any atom is -0.410 e. The third-order valence-corrected chi connectivity index (χ3v) is 9.28. The normalized spacial score (nSPS) is 16.5. The number of rotatable bonds is 8. The van der Waals surface area contributed by atoms with Crippen LogP contribution in [-0.4, -0.2) is 62.6 Å². The number of benzene rings is 3. The van der Waals surface area contributed by atoms with Crippen molar-refractivity contribution in [3.8, 4) is 11.5 Å². The number of nitrogens with one attached hydrogen (secondary N) is 1. The minimum absolute atomic E-state index is 0.00664. The summed E-state index contributed by atoms with van der Waals surface area (Å²) in [4.78, 5) is 41.8. The Balaban J connectivity index is 1.21. The zero-order chi connectivity index (χ0) is 34.0. The number of carbonyl (C=O) groups is 2. The first-order valence-electron chi connectivity index (χ1n) is 14.1. The summed E-state index contributed by atoms with van der Waals surface area (Å²) in [5, 5.41) is 6.47. The summed E-state index contributed by atoms with van der Waals surface area (Å²) in [5.74, 6) is -0.607. The van der Waals surface area contributed by atoms with Crippen molar-refractivity contribution in [2.24, 2.45) is 10.2 Å². The van der Waals surface area contributed by atoms with Crippen LogP contribution in [0.1, 0.15) is 29.5 Å². The van der Waals surface area contributed by atoms with E-state index in [1.54, 1.807) is 25.1 Å². The van der Waals surface area contributed by atoms with Gasteiger partial charge < -0.3 is 14.8 Å². The number of nitrogens with zero attached hydrogens (tertiary/aromatic N) is 4. The van der Waals surface area contributed by atoms with Crippen LogP contribution in [0.5, 0.6) is 11.5 Å². The fourth-order valence-corrected chi connectivity index (χ4v) is 6.28. The molecule has 2 aliphatic heterocycles. The first-order chi connectivity index (χ1) is 22.2. The highest BCUT2D eigenvalue weighted by molar-refractivity contribution is 7.92. The molecule has 2 heterocycles. The number of piperidine rings is 1. The summed E-state index contributed by atoms with van der Waals surface area (Å²) in [5.41, 5.74) is 0.935. The molecule has 246 valence electrons. The fourth-order valence-electron chi connectivity index (χ4n) is 5.09. The first kappa shape index (κ1) is 33.3. The maximum atomic E-state index is 13.2. The van der Waals surface area contributed by atoms with Crippen LogP contribution in [0.15, 0.2) is 82.3 Å². The van der Waals surface area contributed by atoms with Crippen molar-refractivity contribution in [1.82, 2.24) is 9.62 Å². The van der Waals surface area contributed by atoms with Crippen LogP contribution in [-0.2, 0) is 14.8 Å². The topological polar surface area (TPSA) is 147 Å². The van der Waals surface area contributed by atoms with Crippen molar-refractivity contribution < 1.29 is 40.7 Å². The molecule has 3 aromatic carbocycles. The zero-order valence-electron chi connectivity index (χ0n) is 25.0. The van der Waals surface area contributed by atoms with Gasteiger partial charge in [0.25, 0.3) is 5.91 Å². The molecule has 0 aromatic heterocycles. The van der Waals surface area contributed by atoms with Crippen LogP contribution < -0.4 is 19.7 Å². The number of sulfonamides is 1. The van der Waals surface area contributed by atoms with E-state index in [-0.39, 0.29) is 48.8 Å². The van der Waals surface area contributed by atoms with Crippen molar-refractivity contribution in [3.63, 3.8) is 0 Å². The molecule has 0 unspecified atom stereocenters. The summed E-state index contributed by atoms with van der Waals surface area (Å²) in [6, 6.07) is 15.8. The molecule has 1 N–H and O–H groups in total. The Morgan fingerprint density at radius 3 is 2.40 bits per heavy atom. The molecule has 0 bridgehead atoms. The molecule has 5 rings (SSSR count). The molecule has 2 amide bonds. The molecule has 16 heteroatoms. The second kappa shape index (κ2) is 13.0. The van der Waals surface area contributed by atoms with Gasteiger partial charge in [-0.2, -0.15) is 4.31 Å². The van der Waals surface area contributed by atoms with Gasteiger partial charge in [-0.1, -0.05) is 18.2 Å². The lowest BCUT2D eigenvalue weighted by Gasteiger charge is -2.34. The van der Waals surface area contributed by atoms with Crippen LogP contribution in [0.2, 0.25) is 0 Å². The highest BCUT2D eigenvalue weighted by Gasteiger charge is 2.47. The molecule has 2 aliphatic rings. The average Bonchev–Trinajstić information content (AvgIpc) is 3.34. The lowest BCUT2D eigenvalue weighted by atomic mass is 9.89. The SMILES string of the molecule is Cc1cc(N(C)C(=O)Oc2ccc(N=O)cc2)ccc1/C=C/S(=O)(=O)N1CCC2(CC1)N=C(c1cccc(OC(F)(F)F)c1)NC2=O. The summed E-state index contributed by atoms with van der Waals surface area (Å²) in [7, 11) is -2.38. The number of hydrogen-bond donors (Lipinski definition) is 1. The summed E-state index contributed by atoms with van der Waals surface area (Å²) in [6.07, 6.45) is -3.98. The number of amides is 2. The largest absolute Gasteiger partial charge is 0.573 e. The molecule has 0 aliphatic carbocycles. The number of carbonyl (C=O) groups excluding carboxylic acids is 2. The second-order valence-electron chi connectivity index (χ2n) is 10.8. The Hall–Kier alpha value is -5.09. The number of amidine groups is 1. The molecular formula is C31H28F3N5O7S. The van der Waals surface area contributed by atoms with E-state index < -0.39 is 39.7 Å². The summed E-state index contributed by atoms with van der Waals surface area (Å²) >= 11 is 0. The van der Waals surface area contributed by atoms with E-state index in [9.17, 15) is 36.1 Å². The minimum atomic E-state index is -4.88. The molecule has 0 saturated carbocycles. The third-order valence-electron chi connectivity index (χ3n) is 7.71. The Morgan fingerprint density at radius 1 is 1.06 bits per heavy atom. The predicted octanol–water partition coefficient (Wildman–Crippen LogP) is 5.64. The van der Waals surface area contributed by atoms with Gasteiger partial charge in [-0.3, -0.25) is 14.7 Å². The lowest BCUT2D eigenvalue weighted by molar-refractivity contribution is -0.274. The Kier molecular flexibility index (Phi) is 9.18. The highest BCUT2D eigenvalue weighted by Crippen LogP contribution is 2.33. The van der Waals surface area contributed by atoms with Gasteiger partial charge in [0.15, 0.2) is 0 Å². The standard InChI is InChI=1S/C31H28F3N5O7S/c1-20-18-24(38(2)29(41)45-25-10-7-23(37-42)8-11-25)9-6-21(20)12-17-47(43,44)39-15-13-30(14-16-39)28(40)35-27(36-30)22-4-3-5-26(19-22)46-31(32,33)34/h3-12,17-19H,13-16H2,1-2H3,(H,35,36,40)/b17-12+. The zero-order valence-corrected chi connectivity index (χ0v) is 25.8. The number of halogens is 3. The number of aliphatic imine (C=N–C) groups is 1. The average molecular weight is 672 g/mol. The maximum absolute atomic E-state index is 13.2. The lowest BCUT2D eigenvalue weighted by Crippen LogP contribution is -2.50. The summed E-state index contributed by atoms with van der Waals surface area (Å²) in [6.45, 7) is 1.74. The first-order valence-corrected chi connectivity index (χ1v) is 15.6. The fraction of sp³-hybridized carbons (Fsp3) is 0.258. The molecular weight excluding hydrogens is 643 g/mol. The van der Waals surface area contributed by atoms with Crippen molar-refractivity contribution in [3.05, 3.63) is 93.7 Å². The van der Waals surface area contributed by atoms with Gasteiger partial charge in [-0.05, 0) is 90.7 Å². The van der Waals surface area contributed by atoms with Crippen molar-refractivity contribution in [2.75, 3.05) is 25.0 Å². The Morgan fingerprint density at radius 2 is 1.77 bits per heavy atom. The van der Waals surface area contributed by atoms with E-state index in [2.05, 4.69) is 20.2 Å². The van der Waals surface area contributed by atoms with Crippen LogP contribution in [0.3, 0.4) is 0 Å². The molecule has 47 heavy (non-hydrogen) atoms. The molecule has 1 fully saturated rings. The maximum Gasteiger partial charge on any atom is 0.573 e. The number of nitroso groups, excluding NO2 is 1. The number of ether oxygens (including phenoxy) is 2. The second-order valence-corrected chi connectivity index (χ2v) is 12.6. The molecule has 12 nitrogen and oxygen atoms in total. The van der Waals surface area contributed by atoms with Gasteiger partial charge in [0.05, 0.1) is 0 Å². The predicted molar refractivity (Wildman–Crippen MR) is 167 cm³/mol. The number of anilines is 1. The van der Waals surface area contributed by atoms with Gasteiger partial charge in [0, 0.05) is 36.8 Å². The van der Waals surface area contributed by atoms with Crippen molar-refractivity contribution >= 4 is 45.3 Å². The quantitative estimate of drug-likeness (QED) is 0.305. The van der Waals surface area contributed by atoms with Crippen LogP contribution >= 0.6 is 0 Å². The molecule has 0 radical (unpaired) electrons. The van der Waals surface area contributed by atoms with E-state index in [0.717, 1.165) is 17.5 Å². The third kappa shape index (κ3) is 7.66. The molecule has 0 atom stereocenters. The summed E-state index contributed by atoms with van der Waals surface area (Å²) < 4.78 is 74.8. The smallest absolute Gasteiger partial charge is 0.410 e. The van der Waals surface area contributed by atoms with Gasteiger partial charge in [-0.25, -0.2) is 13.2 Å². The van der Waals surface area contributed by atoms with Crippen LogP contribution in [0.4, 0.5) is 29.3 Å². The number of aryl methyl sites for hydroxylation is 1. The van der Waals surface area contributed by atoms with Crippen LogP contribution in [0, 0.1) is 11.8 Å². The van der Waals surface area contributed by atoms with E-state index in [0.29, 0.717) is 16.8 Å². The number of alkyl halides is 3. The van der Waals surface area contributed by atoms with Crippen LogP contribution in [0.25, 0.3) is 6.08 Å². The van der Waals surface area contributed by atoms with Crippen molar-refractivity contribution in [2.45, 2.75) is 31.7 Å². The van der Waals surface area contributed by atoms with Crippen molar-refractivity contribution in [1.29, 1.82) is 0 Å². The number of hydrogen-bond acceptors (Lipinski definition) is 9. The Bertz CT molecular complexity index is 1870. The van der Waals surface area contributed by atoms with E-state index in [4.69, 9.17) is 4.74 Å². The highest BCUT2D eigenvalue weighted by atomic mass is 32.2. The molecule has 1 saturated heterocycles. The van der Waals surface area contributed by atoms with E-state index in [1.165, 1.54) is 58.7 Å². The Labute approximate surface area is 267 Å². The van der Waals surface area contributed by atoms with Gasteiger partial charge in [0.2, 0.25) is 10.0 Å². The van der Waals surface area contributed by atoms with E-state index in [1.807, 2.05) is 0 Å².